The SMILES string of the molecule is O=C(O)c1cnn(-c2ccccc2)c1CCCOc1ccc(CCO)cc1. The summed E-state index contributed by atoms with van der Waals surface area (Å²) >= 11 is 0. The number of hydrogen-bond donors (Lipinski definition) is 2. The van der Waals surface area contributed by atoms with Gasteiger partial charge in [0.05, 0.1) is 24.2 Å². The first-order chi connectivity index (χ1) is 13.2. The Morgan fingerprint density at radius 3 is 2.44 bits per heavy atom. The predicted molar refractivity (Wildman–Crippen MR) is 102 cm³/mol. The average molecular weight is 366 g/mol. The van der Waals surface area contributed by atoms with E-state index < -0.39 is 5.97 Å². The molecule has 6 heteroatoms. The third-order valence-corrected chi connectivity index (χ3v) is 4.25. The lowest BCUT2D eigenvalue weighted by molar-refractivity contribution is 0.0695. The first kappa shape index (κ1) is 18.7. The van der Waals surface area contributed by atoms with E-state index in [-0.39, 0.29) is 12.2 Å². The van der Waals surface area contributed by atoms with Crippen molar-refractivity contribution in [3.8, 4) is 11.4 Å². The van der Waals surface area contributed by atoms with Crippen molar-refractivity contribution in [2.75, 3.05) is 13.2 Å². The maximum Gasteiger partial charge on any atom is 0.339 e. The zero-order valence-electron chi connectivity index (χ0n) is 14.9. The van der Waals surface area contributed by atoms with Crippen molar-refractivity contribution >= 4 is 5.97 Å². The minimum absolute atomic E-state index is 0.126. The summed E-state index contributed by atoms with van der Waals surface area (Å²) in [4.78, 5) is 11.5. The number of para-hydroxylation sites is 1. The van der Waals surface area contributed by atoms with Crippen molar-refractivity contribution in [2.45, 2.75) is 19.3 Å². The second-order valence-corrected chi connectivity index (χ2v) is 6.13. The molecule has 0 saturated carbocycles. The van der Waals surface area contributed by atoms with E-state index in [0.717, 1.165) is 17.0 Å². The quantitative estimate of drug-likeness (QED) is 0.569. The van der Waals surface area contributed by atoms with Gasteiger partial charge in [-0.1, -0.05) is 30.3 Å². The van der Waals surface area contributed by atoms with Crippen LogP contribution in [0.15, 0.2) is 60.8 Å². The van der Waals surface area contributed by atoms with Crippen molar-refractivity contribution in [2.24, 2.45) is 0 Å². The molecule has 0 saturated heterocycles. The topological polar surface area (TPSA) is 84.6 Å². The van der Waals surface area contributed by atoms with E-state index >= 15 is 0 Å². The number of carboxylic acid groups (broad SMARTS) is 1. The van der Waals surface area contributed by atoms with Crippen molar-refractivity contribution in [1.29, 1.82) is 0 Å². The Labute approximate surface area is 157 Å². The number of carboxylic acids is 1. The zero-order chi connectivity index (χ0) is 19.1. The van der Waals surface area contributed by atoms with Crippen LogP contribution >= 0.6 is 0 Å². The van der Waals surface area contributed by atoms with Gasteiger partial charge in [-0.05, 0) is 49.1 Å². The van der Waals surface area contributed by atoms with E-state index in [4.69, 9.17) is 9.84 Å². The molecule has 27 heavy (non-hydrogen) atoms. The number of aromatic nitrogens is 2. The molecule has 6 nitrogen and oxygen atoms in total. The van der Waals surface area contributed by atoms with Gasteiger partial charge >= 0.3 is 5.97 Å². The third kappa shape index (κ3) is 4.74. The van der Waals surface area contributed by atoms with Gasteiger partial charge in [-0.2, -0.15) is 5.10 Å². The fourth-order valence-electron chi connectivity index (χ4n) is 2.90. The Bertz CT molecular complexity index is 873. The maximum atomic E-state index is 11.5. The molecule has 0 atom stereocenters. The van der Waals surface area contributed by atoms with E-state index in [1.165, 1.54) is 6.20 Å². The zero-order valence-corrected chi connectivity index (χ0v) is 14.9. The second-order valence-electron chi connectivity index (χ2n) is 6.13. The summed E-state index contributed by atoms with van der Waals surface area (Å²) in [6.07, 6.45) is 3.23. The molecular weight excluding hydrogens is 344 g/mol. The Morgan fingerprint density at radius 2 is 1.78 bits per heavy atom. The lowest BCUT2D eigenvalue weighted by atomic mass is 10.1. The van der Waals surface area contributed by atoms with Crippen molar-refractivity contribution in [3.63, 3.8) is 0 Å². The minimum Gasteiger partial charge on any atom is -0.494 e. The van der Waals surface area contributed by atoms with Gasteiger partial charge in [-0.15, -0.1) is 0 Å². The first-order valence-corrected chi connectivity index (χ1v) is 8.87. The van der Waals surface area contributed by atoms with Crippen LogP contribution in [0.5, 0.6) is 5.75 Å². The van der Waals surface area contributed by atoms with E-state index in [1.54, 1.807) is 4.68 Å². The summed E-state index contributed by atoms with van der Waals surface area (Å²) in [5.41, 5.74) is 2.77. The van der Waals surface area contributed by atoms with E-state index in [2.05, 4.69) is 5.10 Å². The Balaban J connectivity index is 1.63. The van der Waals surface area contributed by atoms with Crippen LogP contribution in [0, 0.1) is 0 Å². The lowest BCUT2D eigenvalue weighted by Crippen LogP contribution is -2.09. The van der Waals surface area contributed by atoms with Crippen LogP contribution in [0.3, 0.4) is 0 Å². The highest BCUT2D eigenvalue weighted by atomic mass is 16.5. The Morgan fingerprint density at radius 1 is 1.04 bits per heavy atom. The molecule has 1 heterocycles. The van der Waals surface area contributed by atoms with Gasteiger partial charge in [-0.25, -0.2) is 9.48 Å². The molecule has 0 aliphatic heterocycles. The number of aromatic carboxylic acids is 1. The van der Waals surface area contributed by atoms with Crippen LogP contribution in [-0.2, 0) is 12.8 Å². The van der Waals surface area contributed by atoms with Crippen LogP contribution in [0.2, 0.25) is 0 Å². The lowest BCUT2D eigenvalue weighted by Gasteiger charge is -2.10. The molecule has 0 fully saturated rings. The molecule has 0 aliphatic carbocycles. The summed E-state index contributed by atoms with van der Waals surface area (Å²) < 4.78 is 7.42. The van der Waals surface area contributed by atoms with Crippen molar-refractivity contribution < 1.29 is 19.7 Å². The molecular formula is C21H22N2O4. The van der Waals surface area contributed by atoms with Crippen LogP contribution in [0.25, 0.3) is 5.69 Å². The number of aliphatic hydroxyl groups is 1. The van der Waals surface area contributed by atoms with Crippen LogP contribution < -0.4 is 4.74 Å². The molecule has 0 aliphatic rings. The van der Waals surface area contributed by atoms with Gasteiger partial charge in [0.2, 0.25) is 0 Å². The molecule has 0 bridgehead atoms. The Kier molecular flexibility index (Phi) is 6.22. The molecule has 0 radical (unpaired) electrons. The summed E-state index contributed by atoms with van der Waals surface area (Å²) in [7, 11) is 0. The van der Waals surface area contributed by atoms with Gasteiger partial charge in [0.15, 0.2) is 0 Å². The highest BCUT2D eigenvalue weighted by Gasteiger charge is 2.17. The third-order valence-electron chi connectivity index (χ3n) is 4.25. The number of benzene rings is 2. The number of hydrogen-bond acceptors (Lipinski definition) is 4. The van der Waals surface area contributed by atoms with E-state index in [1.807, 2.05) is 54.6 Å². The molecule has 3 rings (SSSR count). The van der Waals surface area contributed by atoms with Crippen molar-refractivity contribution in [1.82, 2.24) is 9.78 Å². The molecule has 2 aromatic carbocycles. The summed E-state index contributed by atoms with van der Waals surface area (Å²) in [6, 6.07) is 17.1. The highest BCUT2D eigenvalue weighted by Crippen LogP contribution is 2.18. The summed E-state index contributed by atoms with van der Waals surface area (Å²) in [6.45, 7) is 0.597. The van der Waals surface area contributed by atoms with Crippen LogP contribution in [0.4, 0.5) is 0 Å². The predicted octanol–water partition coefficient (Wildman–Crippen LogP) is 3.12. The second kappa shape index (κ2) is 9.00. The fourth-order valence-corrected chi connectivity index (χ4v) is 2.90. The van der Waals surface area contributed by atoms with Crippen LogP contribution in [0.1, 0.15) is 28.0 Å². The van der Waals surface area contributed by atoms with E-state index in [9.17, 15) is 9.90 Å². The standard InChI is InChI=1S/C21H22N2O4/c24-13-12-16-8-10-18(11-9-16)27-14-4-7-20-19(21(25)26)15-22-23(20)17-5-2-1-3-6-17/h1-3,5-6,8-11,15,24H,4,7,12-14H2,(H,25,26). The smallest absolute Gasteiger partial charge is 0.339 e. The molecule has 1 aromatic heterocycles. The number of rotatable bonds is 9. The minimum atomic E-state index is -0.979. The first-order valence-electron chi connectivity index (χ1n) is 8.87. The van der Waals surface area contributed by atoms with E-state index in [0.29, 0.717) is 31.6 Å². The molecule has 0 spiro atoms. The molecule has 2 N–H and O–H groups in total. The highest BCUT2D eigenvalue weighted by molar-refractivity contribution is 5.88. The largest absolute Gasteiger partial charge is 0.494 e. The normalized spacial score (nSPS) is 10.7. The van der Waals surface area contributed by atoms with Gasteiger partial charge in [0.1, 0.15) is 11.3 Å². The van der Waals surface area contributed by atoms with Gasteiger partial charge < -0.3 is 14.9 Å². The number of carbonyl (C=O) groups is 1. The molecule has 0 amide bonds. The van der Waals surface area contributed by atoms with Gasteiger partial charge in [0, 0.05) is 6.61 Å². The summed E-state index contributed by atoms with van der Waals surface area (Å²) in [5, 5.41) is 22.6. The number of nitrogens with zero attached hydrogens (tertiary/aromatic N) is 2. The fraction of sp³-hybridized carbons (Fsp3) is 0.238. The molecule has 140 valence electrons. The molecule has 0 unspecified atom stereocenters. The maximum absolute atomic E-state index is 11.5. The van der Waals surface area contributed by atoms with Gasteiger partial charge in [-0.3, -0.25) is 0 Å². The van der Waals surface area contributed by atoms with Crippen LogP contribution in [-0.4, -0.2) is 39.2 Å². The Hall–Kier alpha value is -3.12. The molecule has 3 aromatic rings. The average Bonchev–Trinajstić information content (AvgIpc) is 3.11. The number of ether oxygens (including phenoxy) is 1. The summed E-state index contributed by atoms with van der Waals surface area (Å²) in [5.74, 6) is -0.223. The van der Waals surface area contributed by atoms with Gasteiger partial charge in [0.25, 0.3) is 0 Å². The number of aliphatic hydroxyl groups excluding tert-OH is 1. The monoisotopic (exact) mass is 366 g/mol. The van der Waals surface area contributed by atoms with Crippen molar-refractivity contribution in [3.05, 3.63) is 77.6 Å².